The molecule has 0 saturated heterocycles. The molecule has 0 unspecified atom stereocenters. The zero-order chi connectivity index (χ0) is 19.1. The first-order valence-corrected chi connectivity index (χ1v) is 11.2. The molecule has 9 heteroatoms. The number of thioether (sulfide) groups is 1. The average molecular weight is 459 g/mol. The summed E-state index contributed by atoms with van der Waals surface area (Å²) < 4.78 is 0. The van der Waals surface area contributed by atoms with Gasteiger partial charge in [-0.1, -0.05) is 46.6 Å². The van der Waals surface area contributed by atoms with Gasteiger partial charge >= 0.3 is 0 Å². The van der Waals surface area contributed by atoms with E-state index in [4.69, 9.17) is 34.8 Å². The maximum absolute atomic E-state index is 12.4. The fourth-order valence-corrected chi connectivity index (χ4v) is 6.32. The quantitative estimate of drug-likeness (QED) is 0.375. The van der Waals surface area contributed by atoms with Gasteiger partial charge < -0.3 is 5.32 Å². The topological polar surface area (TPSA) is 54.9 Å². The number of hydrogen-bond acceptors (Lipinski definition) is 5. The van der Waals surface area contributed by atoms with Crippen LogP contribution in [0, 0.1) is 6.92 Å². The first-order valence-electron chi connectivity index (χ1n) is 8.28. The normalized spacial score (nSPS) is 13.2. The molecule has 0 radical (unpaired) electrons. The van der Waals surface area contributed by atoms with E-state index in [0.717, 1.165) is 28.1 Å². The van der Waals surface area contributed by atoms with Crippen LogP contribution in [0.25, 0.3) is 10.2 Å². The predicted octanol–water partition coefficient (Wildman–Crippen LogP) is 6.18. The maximum atomic E-state index is 12.4. The fourth-order valence-electron chi connectivity index (χ4n) is 3.14. The summed E-state index contributed by atoms with van der Waals surface area (Å²) in [7, 11) is 0. The van der Waals surface area contributed by atoms with Gasteiger partial charge in [0.05, 0.1) is 21.5 Å². The van der Waals surface area contributed by atoms with E-state index in [0.29, 0.717) is 26.6 Å². The second-order valence-corrected chi connectivity index (χ2v) is 9.49. The monoisotopic (exact) mass is 457 g/mol. The molecule has 1 aliphatic carbocycles. The minimum absolute atomic E-state index is 0.200. The lowest BCUT2D eigenvalue weighted by Gasteiger charge is -2.10. The molecule has 0 bridgehead atoms. The number of carbonyl (C=O) groups excluding carboxylic acids is 1. The van der Waals surface area contributed by atoms with E-state index < -0.39 is 0 Å². The molecule has 2 aromatic heterocycles. The van der Waals surface area contributed by atoms with E-state index in [-0.39, 0.29) is 11.7 Å². The van der Waals surface area contributed by atoms with E-state index in [9.17, 15) is 4.79 Å². The predicted molar refractivity (Wildman–Crippen MR) is 115 cm³/mol. The molecule has 4 rings (SSSR count). The van der Waals surface area contributed by atoms with Gasteiger partial charge in [-0.15, -0.1) is 11.3 Å². The van der Waals surface area contributed by atoms with Crippen molar-refractivity contribution in [2.45, 2.75) is 31.2 Å². The molecule has 0 atom stereocenters. The summed E-state index contributed by atoms with van der Waals surface area (Å²) in [5, 5.41) is 5.77. The van der Waals surface area contributed by atoms with Gasteiger partial charge in [0.2, 0.25) is 5.91 Å². The maximum Gasteiger partial charge on any atom is 0.234 e. The number of rotatable bonds is 4. The SMILES string of the molecule is Cc1nc(SCC(=O)Nc2c(Cl)cc(Cl)cc2Cl)c2c3c(sc2n1)CCC3. The Kier molecular flexibility index (Phi) is 5.54. The largest absolute Gasteiger partial charge is 0.323 e. The molecular weight excluding hydrogens is 445 g/mol. The summed E-state index contributed by atoms with van der Waals surface area (Å²) in [6.45, 7) is 1.88. The van der Waals surface area contributed by atoms with Gasteiger partial charge in [-0.05, 0) is 43.9 Å². The van der Waals surface area contributed by atoms with Crippen molar-refractivity contribution in [2.75, 3.05) is 11.1 Å². The van der Waals surface area contributed by atoms with Crippen molar-refractivity contribution in [3.63, 3.8) is 0 Å². The number of nitrogens with zero attached hydrogens (tertiary/aromatic N) is 2. The number of carbonyl (C=O) groups is 1. The summed E-state index contributed by atoms with van der Waals surface area (Å²) in [5.74, 6) is 0.711. The number of anilines is 1. The van der Waals surface area contributed by atoms with Crippen LogP contribution in [0.1, 0.15) is 22.7 Å². The van der Waals surface area contributed by atoms with Crippen LogP contribution in [0.2, 0.25) is 15.1 Å². The third-order valence-corrected chi connectivity index (χ3v) is 7.23. The molecule has 0 aliphatic heterocycles. The summed E-state index contributed by atoms with van der Waals surface area (Å²) in [6.07, 6.45) is 3.33. The van der Waals surface area contributed by atoms with E-state index in [1.165, 1.54) is 28.6 Å². The number of fused-ring (bicyclic) bond motifs is 3. The molecule has 0 fully saturated rings. The van der Waals surface area contributed by atoms with Crippen molar-refractivity contribution in [3.8, 4) is 0 Å². The van der Waals surface area contributed by atoms with Gasteiger partial charge in [-0.25, -0.2) is 9.97 Å². The first-order chi connectivity index (χ1) is 12.9. The van der Waals surface area contributed by atoms with Crippen molar-refractivity contribution >= 4 is 79.7 Å². The number of aromatic nitrogens is 2. The Morgan fingerprint density at radius 2 is 1.96 bits per heavy atom. The Hall–Kier alpha value is -1.05. The summed E-state index contributed by atoms with van der Waals surface area (Å²) in [4.78, 5) is 24.0. The summed E-state index contributed by atoms with van der Waals surface area (Å²) in [5.41, 5.74) is 1.72. The van der Waals surface area contributed by atoms with Crippen LogP contribution in [0.3, 0.4) is 0 Å². The van der Waals surface area contributed by atoms with Gasteiger partial charge in [0.25, 0.3) is 0 Å². The lowest BCUT2D eigenvalue weighted by Crippen LogP contribution is -2.15. The smallest absolute Gasteiger partial charge is 0.234 e. The molecule has 2 heterocycles. The first kappa shape index (κ1) is 19.3. The van der Waals surface area contributed by atoms with E-state index in [2.05, 4.69) is 15.3 Å². The van der Waals surface area contributed by atoms with E-state index in [1.807, 2.05) is 6.92 Å². The third kappa shape index (κ3) is 3.91. The minimum atomic E-state index is -0.206. The molecule has 27 heavy (non-hydrogen) atoms. The number of aryl methyl sites for hydroxylation is 3. The van der Waals surface area contributed by atoms with Gasteiger partial charge in [0, 0.05) is 15.3 Å². The Labute approximate surface area is 179 Å². The van der Waals surface area contributed by atoms with Gasteiger partial charge in [-0.3, -0.25) is 4.79 Å². The number of thiophene rings is 1. The van der Waals surface area contributed by atoms with Gasteiger partial charge in [-0.2, -0.15) is 0 Å². The van der Waals surface area contributed by atoms with E-state index in [1.54, 1.807) is 23.5 Å². The highest BCUT2D eigenvalue weighted by molar-refractivity contribution is 8.00. The molecule has 4 nitrogen and oxygen atoms in total. The van der Waals surface area contributed by atoms with Crippen LogP contribution < -0.4 is 5.32 Å². The van der Waals surface area contributed by atoms with Crippen molar-refractivity contribution < 1.29 is 4.79 Å². The molecule has 1 aliphatic rings. The molecule has 1 aromatic carbocycles. The van der Waals surface area contributed by atoms with Crippen molar-refractivity contribution in [1.29, 1.82) is 0 Å². The number of halogens is 3. The summed E-state index contributed by atoms with van der Waals surface area (Å²) in [6, 6.07) is 3.09. The lowest BCUT2D eigenvalue weighted by molar-refractivity contribution is -0.113. The number of hydrogen-bond donors (Lipinski definition) is 1. The van der Waals surface area contributed by atoms with Crippen LogP contribution in [-0.4, -0.2) is 21.6 Å². The Morgan fingerprint density at radius 3 is 2.70 bits per heavy atom. The summed E-state index contributed by atoms with van der Waals surface area (Å²) >= 11 is 21.3. The highest BCUT2D eigenvalue weighted by atomic mass is 35.5. The van der Waals surface area contributed by atoms with Crippen LogP contribution in [0.15, 0.2) is 17.2 Å². The number of nitrogens with one attached hydrogen (secondary N) is 1. The number of amides is 1. The zero-order valence-electron chi connectivity index (χ0n) is 14.2. The molecule has 1 N–H and O–H groups in total. The van der Waals surface area contributed by atoms with Gasteiger partial charge in [0.1, 0.15) is 15.7 Å². The third-order valence-electron chi connectivity index (χ3n) is 4.25. The molecule has 0 saturated carbocycles. The minimum Gasteiger partial charge on any atom is -0.323 e. The van der Waals surface area contributed by atoms with Crippen LogP contribution >= 0.6 is 57.9 Å². The fraction of sp³-hybridized carbons (Fsp3) is 0.278. The van der Waals surface area contributed by atoms with Crippen LogP contribution in [-0.2, 0) is 17.6 Å². The van der Waals surface area contributed by atoms with Crippen LogP contribution in [0.5, 0.6) is 0 Å². The second kappa shape index (κ2) is 7.76. The molecular formula is C18H14Cl3N3OS2. The average Bonchev–Trinajstić information content (AvgIpc) is 3.16. The Bertz CT molecular complexity index is 1040. The highest BCUT2D eigenvalue weighted by Crippen LogP contribution is 2.40. The number of benzene rings is 1. The van der Waals surface area contributed by atoms with Crippen molar-refractivity contribution in [1.82, 2.24) is 9.97 Å². The molecule has 140 valence electrons. The van der Waals surface area contributed by atoms with Crippen molar-refractivity contribution in [3.05, 3.63) is 43.5 Å². The van der Waals surface area contributed by atoms with E-state index >= 15 is 0 Å². The molecule has 0 spiro atoms. The Balaban J connectivity index is 1.55. The standard InChI is InChI=1S/C18H14Cl3N3OS2/c1-8-22-17(15-10-3-2-4-13(10)27-18(15)23-8)26-7-14(25)24-16-11(20)5-9(19)6-12(16)21/h5-6H,2-4,7H2,1H3,(H,24,25). The highest BCUT2D eigenvalue weighted by Gasteiger charge is 2.22. The molecule has 1 amide bonds. The molecule has 3 aromatic rings. The zero-order valence-corrected chi connectivity index (χ0v) is 18.1. The van der Waals surface area contributed by atoms with Crippen molar-refractivity contribution in [2.24, 2.45) is 0 Å². The lowest BCUT2D eigenvalue weighted by atomic mass is 10.2. The Morgan fingerprint density at radius 1 is 1.22 bits per heavy atom. The van der Waals surface area contributed by atoms with Gasteiger partial charge in [0.15, 0.2) is 0 Å². The second-order valence-electron chi connectivity index (χ2n) is 6.19. The van der Waals surface area contributed by atoms with Crippen LogP contribution in [0.4, 0.5) is 5.69 Å².